The summed E-state index contributed by atoms with van der Waals surface area (Å²) in [6.07, 6.45) is 1.03. The van der Waals surface area contributed by atoms with Gasteiger partial charge in [-0.05, 0) is 38.1 Å². The van der Waals surface area contributed by atoms with Crippen molar-refractivity contribution in [3.63, 3.8) is 0 Å². The van der Waals surface area contributed by atoms with Gasteiger partial charge in [0.2, 0.25) is 0 Å². The average Bonchev–Trinajstić information content (AvgIpc) is 2.77. The summed E-state index contributed by atoms with van der Waals surface area (Å²) >= 11 is 1.15. The van der Waals surface area contributed by atoms with Gasteiger partial charge in [0.1, 0.15) is 10.7 Å². The molecule has 0 amide bonds. The van der Waals surface area contributed by atoms with Crippen molar-refractivity contribution in [1.82, 2.24) is 4.90 Å². The van der Waals surface area contributed by atoms with Crippen LogP contribution in [0, 0.1) is 11.7 Å². The fourth-order valence-corrected chi connectivity index (χ4v) is 3.38. The first kappa shape index (κ1) is 15.9. The third-order valence-electron chi connectivity index (χ3n) is 3.47. The third kappa shape index (κ3) is 3.60. The summed E-state index contributed by atoms with van der Waals surface area (Å²) in [6, 6.07) is 4.78. The van der Waals surface area contributed by atoms with Gasteiger partial charge in [-0.1, -0.05) is 19.9 Å². The maximum absolute atomic E-state index is 14.1. The van der Waals surface area contributed by atoms with E-state index in [1.165, 1.54) is 6.07 Å². The zero-order valence-corrected chi connectivity index (χ0v) is 13.3. The Balaban J connectivity index is 2.36. The van der Waals surface area contributed by atoms with Gasteiger partial charge in [0.05, 0.1) is 0 Å². The number of hydrogen-bond acceptors (Lipinski definition) is 3. The van der Waals surface area contributed by atoms with Crippen LogP contribution in [0.1, 0.15) is 35.5 Å². The summed E-state index contributed by atoms with van der Waals surface area (Å²) in [4.78, 5) is 13.7. The van der Waals surface area contributed by atoms with Gasteiger partial charge in [0.25, 0.3) is 0 Å². The van der Waals surface area contributed by atoms with Crippen LogP contribution in [0.5, 0.6) is 0 Å². The quantitative estimate of drug-likeness (QED) is 0.868. The number of fused-ring (bicyclic) bond motifs is 1. The van der Waals surface area contributed by atoms with E-state index in [0.717, 1.165) is 24.3 Å². The molecule has 0 saturated heterocycles. The van der Waals surface area contributed by atoms with E-state index in [1.807, 2.05) is 7.05 Å². The van der Waals surface area contributed by atoms with E-state index in [4.69, 9.17) is 0 Å². The lowest BCUT2D eigenvalue weighted by atomic mass is 10.1. The Hall–Kier alpha value is -1.46. The molecule has 0 saturated carbocycles. The van der Waals surface area contributed by atoms with Crippen LogP contribution in [0.3, 0.4) is 0 Å². The summed E-state index contributed by atoms with van der Waals surface area (Å²) in [6.45, 7) is 5.62. The maximum atomic E-state index is 14.1. The third-order valence-corrected chi connectivity index (χ3v) is 4.66. The Labute approximate surface area is 128 Å². The zero-order chi connectivity index (χ0) is 15.6. The molecule has 1 heterocycles. The normalized spacial score (nSPS) is 11.7. The van der Waals surface area contributed by atoms with Crippen LogP contribution in [0.2, 0.25) is 0 Å². The second-order valence-corrected chi connectivity index (χ2v) is 6.80. The first-order chi connectivity index (χ1) is 9.90. The molecule has 0 unspecified atom stereocenters. The predicted molar refractivity (Wildman–Crippen MR) is 84.5 cm³/mol. The van der Waals surface area contributed by atoms with Crippen LogP contribution in [0.15, 0.2) is 18.2 Å². The van der Waals surface area contributed by atoms with Crippen molar-refractivity contribution >= 4 is 27.4 Å². The standard InChI is InChI=1S/C16H20FNO2S/c1-10(2)7-8-18(3)9-11-14-12(17)5-4-6-13(14)21-15(11)16(19)20/h4-6,10H,7-9H2,1-3H3,(H,19,20). The van der Waals surface area contributed by atoms with Crippen molar-refractivity contribution in [2.24, 2.45) is 5.92 Å². The highest BCUT2D eigenvalue weighted by Crippen LogP contribution is 2.34. The highest BCUT2D eigenvalue weighted by atomic mass is 32.1. The molecule has 0 aliphatic carbocycles. The lowest BCUT2D eigenvalue weighted by Crippen LogP contribution is -2.21. The molecule has 2 rings (SSSR count). The minimum Gasteiger partial charge on any atom is -0.477 e. The topological polar surface area (TPSA) is 40.5 Å². The Morgan fingerprint density at radius 3 is 2.76 bits per heavy atom. The molecule has 0 spiro atoms. The smallest absolute Gasteiger partial charge is 0.346 e. The van der Waals surface area contributed by atoms with E-state index in [9.17, 15) is 14.3 Å². The summed E-state index contributed by atoms with van der Waals surface area (Å²) in [7, 11) is 1.94. The second-order valence-electron chi connectivity index (χ2n) is 5.75. The maximum Gasteiger partial charge on any atom is 0.346 e. The SMILES string of the molecule is CC(C)CCN(C)Cc1c(C(=O)O)sc2cccc(F)c12. The largest absolute Gasteiger partial charge is 0.477 e. The molecule has 0 aliphatic heterocycles. The average molecular weight is 309 g/mol. The summed E-state index contributed by atoms with van der Waals surface area (Å²) in [5.74, 6) is -0.742. The minimum absolute atomic E-state index is 0.242. The van der Waals surface area contributed by atoms with Crippen molar-refractivity contribution in [2.45, 2.75) is 26.8 Å². The van der Waals surface area contributed by atoms with E-state index < -0.39 is 5.97 Å². The van der Waals surface area contributed by atoms with Gasteiger partial charge in [-0.25, -0.2) is 9.18 Å². The molecule has 3 nitrogen and oxygen atoms in total. The highest BCUT2D eigenvalue weighted by molar-refractivity contribution is 7.21. The van der Waals surface area contributed by atoms with E-state index in [0.29, 0.717) is 28.1 Å². The second kappa shape index (κ2) is 6.54. The minimum atomic E-state index is -0.983. The van der Waals surface area contributed by atoms with Gasteiger partial charge in [-0.15, -0.1) is 11.3 Å². The van der Waals surface area contributed by atoms with E-state index in [1.54, 1.807) is 12.1 Å². The fourth-order valence-electron chi connectivity index (χ4n) is 2.32. The molecule has 0 bridgehead atoms. The van der Waals surface area contributed by atoms with E-state index in [2.05, 4.69) is 18.7 Å². The number of aromatic carboxylic acids is 1. The Morgan fingerprint density at radius 1 is 1.43 bits per heavy atom. The molecular formula is C16H20FNO2S. The Bertz CT molecular complexity index is 651. The Morgan fingerprint density at radius 2 is 2.14 bits per heavy atom. The van der Waals surface area contributed by atoms with E-state index in [-0.39, 0.29) is 10.7 Å². The van der Waals surface area contributed by atoms with Crippen LogP contribution in [-0.2, 0) is 6.54 Å². The lowest BCUT2D eigenvalue weighted by Gasteiger charge is -2.18. The molecular weight excluding hydrogens is 289 g/mol. The first-order valence-electron chi connectivity index (χ1n) is 7.02. The van der Waals surface area contributed by atoms with Crippen molar-refractivity contribution in [2.75, 3.05) is 13.6 Å². The van der Waals surface area contributed by atoms with Crippen molar-refractivity contribution in [1.29, 1.82) is 0 Å². The summed E-state index contributed by atoms with van der Waals surface area (Å²) in [5, 5.41) is 9.81. The van der Waals surface area contributed by atoms with Gasteiger partial charge >= 0.3 is 5.97 Å². The van der Waals surface area contributed by atoms with Crippen LogP contribution in [0.4, 0.5) is 4.39 Å². The van der Waals surface area contributed by atoms with Crippen LogP contribution < -0.4 is 0 Å². The first-order valence-corrected chi connectivity index (χ1v) is 7.83. The molecule has 114 valence electrons. The van der Waals surface area contributed by atoms with Crippen LogP contribution >= 0.6 is 11.3 Å². The summed E-state index contributed by atoms with van der Waals surface area (Å²) in [5.41, 5.74) is 0.590. The summed E-state index contributed by atoms with van der Waals surface area (Å²) < 4.78 is 14.8. The van der Waals surface area contributed by atoms with Gasteiger partial charge < -0.3 is 10.0 Å². The zero-order valence-electron chi connectivity index (χ0n) is 12.5. The Kier molecular flexibility index (Phi) is 4.96. The van der Waals surface area contributed by atoms with Gasteiger partial charge in [-0.3, -0.25) is 0 Å². The molecule has 1 aromatic carbocycles. The number of rotatable bonds is 6. The monoisotopic (exact) mass is 309 g/mol. The number of carboxylic acids is 1. The number of benzene rings is 1. The van der Waals surface area contributed by atoms with Crippen molar-refractivity contribution in [3.8, 4) is 0 Å². The fraction of sp³-hybridized carbons (Fsp3) is 0.438. The number of nitrogens with zero attached hydrogens (tertiary/aromatic N) is 1. The predicted octanol–water partition coefficient (Wildman–Crippen LogP) is 4.22. The molecule has 0 atom stereocenters. The van der Waals surface area contributed by atoms with Crippen LogP contribution in [-0.4, -0.2) is 29.6 Å². The van der Waals surface area contributed by atoms with E-state index >= 15 is 0 Å². The number of halogens is 1. The van der Waals surface area contributed by atoms with Crippen molar-refractivity contribution < 1.29 is 14.3 Å². The van der Waals surface area contributed by atoms with Gasteiger partial charge in [0.15, 0.2) is 0 Å². The number of thiophene rings is 1. The van der Waals surface area contributed by atoms with Gasteiger partial charge in [-0.2, -0.15) is 0 Å². The molecule has 0 aliphatic rings. The highest BCUT2D eigenvalue weighted by Gasteiger charge is 2.21. The number of carboxylic acid groups (broad SMARTS) is 1. The molecule has 2 aromatic rings. The lowest BCUT2D eigenvalue weighted by molar-refractivity contribution is 0.0700. The molecule has 0 radical (unpaired) electrons. The number of hydrogen-bond donors (Lipinski definition) is 1. The molecule has 21 heavy (non-hydrogen) atoms. The molecule has 5 heteroatoms. The molecule has 0 fully saturated rings. The van der Waals surface area contributed by atoms with Crippen LogP contribution in [0.25, 0.3) is 10.1 Å². The number of carbonyl (C=O) groups is 1. The van der Waals surface area contributed by atoms with Gasteiger partial charge in [0, 0.05) is 22.2 Å². The van der Waals surface area contributed by atoms with Crippen molar-refractivity contribution in [3.05, 3.63) is 34.5 Å². The molecule has 1 aromatic heterocycles. The molecule has 1 N–H and O–H groups in total.